The lowest BCUT2D eigenvalue weighted by Gasteiger charge is -2.05. The fourth-order valence-electron chi connectivity index (χ4n) is 2.98. The second kappa shape index (κ2) is 6.47. The molecule has 0 aliphatic heterocycles. The van der Waals surface area contributed by atoms with E-state index in [2.05, 4.69) is 15.6 Å². The summed E-state index contributed by atoms with van der Waals surface area (Å²) in [5.41, 5.74) is 1.63. The van der Waals surface area contributed by atoms with Crippen LogP contribution in [0, 0.1) is 20.8 Å². The lowest BCUT2D eigenvalue weighted by Crippen LogP contribution is -2.27. The van der Waals surface area contributed by atoms with Gasteiger partial charge in [0.05, 0.1) is 0 Å². The van der Waals surface area contributed by atoms with Crippen molar-refractivity contribution in [3.8, 4) is 10.8 Å². The second-order valence-electron chi connectivity index (χ2n) is 6.12. The third-order valence-corrected chi connectivity index (χ3v) is 5.07. The number of hydrogen-bond donors (Lipinski definition) is 0. The van der Waals surface area contributed by atoms with E-state index in [0.717, 1.165) is 16.1 Å². The summed E-state index contributed by atoms with van der Waals surface area (Å²) in [4.78, 5) is 25.2. The molecule has 4 aromatic heterocycles. The zero-order chi connectivity index (χ0) is 19.1. The molecule has 27 heavy (non-hydrogen) atoms. The van der Waals surface area contributed by atoms with Crippen molar-refractivity contribution >= 4 is 17.1 Å². The molecule has 0 radical (unpaired) electrons. The number of carbonyl (C=O) groups excluding carboxylic acids is 1. The maximum atomic E-state index is 12.8. The van der Waals surface area contributed by atoms with Gasteiger partial charge in [-0.3, -0.25) is 9.36 Å². The highest BCUT2D eigenvalue weighted by Crippen LogP contribution is 2.21. The predicted octanol–water partition coefficient (Wildman–Crippen LogP) is 2.08. The summed E-state index contributed by atoms with van der Waals surface area (Å²) < 4.78 is 9.21. The summed E-state index contributed by atoms with van der Waals surface area (Å²) in [7, 11) is 0. The Hall–Kier alpha value is -3.27. The van der Waals surface area contributed by atoms with Crippen molar-refractivity contribution in [2.75, 3.05) is 0 Å². The number of Topliss-reactive ketones (excluding diaryl/α,β-unsaturated/α-hetero) is 1. The molecule has 0 spiro atoms. The van der Waals surface area contributed by atoms with Crippen LogP contribution in [0.3, 0.4) is 0 Å². The van der Waals surface area contributed by atoms with E-state index in [-0.39, 0.29) is 12.3 Å². The summed E-state index contributed by atoms with van der Waals surface area (Å²) in [5, 5.41) is 14.2. The van der Waals surface area contributed by atoms with Gasteiger partial charge in [-0.15, -0.1) is 11.3 Å². The Balaban J connectivity index is 1.64. The van der Waals surface area contributed by atoms with Gasteiger partial charge in [0.1, 0.15) is 17.3 Å². The van der Waals surface area contributed by atoms with E-state index in [1.54, 1.807) is 25.1 Å². The van der Waals surface area contributed by atoms with Crippen LogP contribution in [0.15, 0.2) is 39.0 Å². The van der Waals surface area contributed by atoms with E-state index < -0.39 is 5.69 Å². The number of aromatic nitrogens is 6. The van der Waals surface area contributed by atoms with Gasteiger partial charge in [-0.05, 0) is 54.8 Å². The highest BCUT2D eigenvalue weighted by Gasteiger charge is 2.20. The van der Waals surface area contributed by atoms with Crippen LogP contribution in [0.1, 0.15) is 27.5 Å². The van der Waals surface area contributed by atoms with Gasteiger partial charge >= 0.3 is 5.69 Å². The largest absolute Gasteiger partial charge is 0.369 e. The summed E-state index contributed by atoms with van der Waals surface area (Å²) in [6.45, 7) is 5.33. The van der Waals surface area contributed by atoms with Gasteiger partial charge in [-0.1, -0.05) is 5.16 Å². The maximum Gasteiger partial charge on any atom is 0.369 e. The number of rotatable bonds is 5. The van der Waals surface area contributed by atoms with Crippen LogP contribution in [-0.4, -0.2) is 35.3 Å². The highest BCUT2D eigenvalue weighted by molar-refractivity contribution is 7.12. The molecule has 4 heterocycles. The molecule has 9 nitrogen and oxygen atoms in total. The molecule has 10 heteroatoms. The molecular formula is C17H16N6O3S. The Bertz CT molecular complexity index is 1180. The number of hydrogen-bond acceptors (Lipinski definition) is 7. The summed E-state index contributed by atoms with van der Waals surface area (Å²) >= 11 is 1.37. The highest BCUT2D eigenvalue weighted by atomic mass is 32.1. The number of thiophene rings is 1. The molecule has 0 unspecified atom stereocenters. The summed E-state index contributed by atoms with van der Waals surface area (Å²) in [6.07, 6.45) is 0. The van der Waals surface area contributed by atoms with Gasteiger partial charge in [0.2, 0.25) is 0 Å². The summed E-state index contributed by atoms with van der Waals surface area (Å²) in [5.74, 6) is 1.07. The molecule has 0 saturated heterocycles. The first-order chi connectivity index (χ1) is 13.0. The number of carbonyl (C=O) groups is 1. The molecule has 0 fully saturated rings. The molecule has 0 saturated carbocycles. The van der Waals surface area contributed by atoms with Crippen LogP contribution in [0.25, 0.3) is 10.8 Å². The van der Waals surface area contributed by atoms with Gasteiger partial charge in [-0.2, -0.15) is 9.36 Å². The van der Waals surface area contributed by atoms with Gasteiger partial charge < -0.3 is 4.52 Å². The van der Waals surface area contributed by atoms with Crippen LogP contribution in [0.5, 0.6) is 0 Å². The quantitative estimate of drug-likeness (QED) is 0.488. The maximum absolute atomic E-state index is 12.8. The molecule has 138 valence electrons. The molecular weight excluding hydrogens is 368 g/mol. The van der Waals surface area contributed by atoms with Gasteiger partial charge in [0.15, 0.2) is 11.6 Å². The van der Waals surface area contributed by atoms with Crippen molar-refractivity contribution in [3.05, 3.63) is 62.8 Å². The van der Waals surface area contributed by atoms with E-state index in [1.165, 1.54) is 16.0 Å². The van der Waals surface area contributed by atoms with Gasteiger partial charge in [0, 0.05) is 23.0 Å². The van der Waals surface area contributed by atoms with Crippen molar-refractivity contribution in [1.82, 2.24) is 29.5 Å². The van der Waals surface area contributed by atoms with Gasteiger partial charge in [0.25, 0.3) is 0 Å². The first-order valence-corrected chi connectivity index (χ1v) is 9.06. The number of nitrogens with zero attached hydrogens (tertiary/aromatic N) is 6. The predicted molar refractivity (Wildman–Crippen MR) is 97.9 cm³/mol. The molecule has 4 aromatic rings. The monoisotopic (exact) mass is 384 g/mol. The standard InChI is InChI=1S/C17H16N6O3S/c1-10-7-13(12(3)22(10)15-8-11(2)26-18-15)14(24)9-21-17(25)23(20-19-21)16-5-4-6-27-16/h4-8H,9H2,1-3H3. The SMILES string of the molecule is Cc1cc(-n2c(C)cc(C(=O)Cn3nnn(-c4cccs4)c3=O)c2C)no1. The van der Waals surface area contributed by atoms with Crippen molar-refractivity contribution in [1.29, 1.82) is 0 Å². The van der Waals surface area contributed by atoms with Crippen molar-refractivity contribution < 1.29 is 9.32 Å². The van der Waals surface area contributed by atoms with Crippen molar-refractivity contribution in [2.45, 2.75) is 27.3 Å². The zero-order valence-electron chi connectivity index (χ0n) is 14.9. The van der Waals surface area contributed by atoms with Crippen molar-refractivity contribution in [2.24, 2.45) is 0 Å². The minimum Gasteiger partial charge on any atom is -0.360 e. The molecule has 0 bridgehead atoms. The number of aryl methyl sites for hydroxylation is 2. The fourth-order valence-corrected chi connectivity index (χ4v) is 3.65. The van der Waals surface area contributed by atoms with E-state index in [1.807, 2.05) is 29.9 Å². The normalized spacial score (nSPS) is 11.2. The van der Waals surface area contributed by atoms with Crippen LogP contribution >= 0.6 is 11.3 Å². The lowest BCUT2D eigenvalue weighted by atomic mass is 10.1. The Morgan fingerprint density at radius 1 is 1.22 bits per heavy atom. The Morgan fingerprint density at radius 2 is 2.04 bits per heavy atom. The van der Waals surface area contributed by atoms with Crippen LogP contribution in [0.4, 0.5) is 0 Å². The molecule has 0 atom stereocenters. The average molecular weight is 384 g/mol. The lowest BCUT2D eigenvalue weighted by molar-refractivity contribution is 0.0965. The van der Waals surface area contributed by atoms with Crippen molar-refractivity contribution in [3.63, 3.8) is 0 Å². The molecule has 0 aliphatic carbocycles. The minimum absolute atomic E-state index is 0.188. The number of tetrazole rings is 1. The van der Waals surface area contributed by atoms with E-state index in [0.29, 0.717) is 22.1 Å². The topological polar surface area (TPSA) is 101 Å². The third-order valence-electron chi connectivity index (χ3n) is 4.22. The fraction of sp³-hybridized carbons (Fsp3) is 0.235. The van der Waals surface area contributed by atoms with Crippen LogP contribution < -0.4 is 5.69 Å². The molecule has 0 aliphatic rings. The van der Waals surface area contributed by atoms with Gasteiger partial charge in [-0.25, -0.2) is 4.79 Å². The van der Waals surface area contributed by atoms with E-state index >= 15 is 0 Å². The number of ketones is 1. The van der Waals surface area contributed by atoms with Crippen LogP contribution in [0.2, 0.25) is 0 Å². The minimum atomic E-state index is -0.452. The smallest absolute Gasteiger partial charge is 0.360 e. The third kappa shape index (κ3) is 2.93. The second-order valence-corrected chi connectivity index (χ2v) is 7.05. The molecule has 0 amide bonds. The molecule has 0 aromatic carbocycles. The van der Waals surface area contributed by atoms with E-state index in [9.17, 15) is 9.59 Å². The van der Waals surface area contributed by atoms with E-state index in [4.69, 9.17) is 4.52 Å². The first kappa shape index (κ1) is 17.2. The zero-order valence-corrected chi connectivity index (χ0v) is 15.7. The van der Waals surface area contributed by atoms with Crippen LogP contribution in [-0.2, 0) is 6.54 Å². The Labute approximate surface area is 157 Å². The average Bonchev–Trinajstić information content (AvgIpc) is 3.39. The summed E-state index contributed by atoms with van der Waals surface area (Å²) in [6, 6.07) is 7.15. The Kier molecular flexibility index (Phi) is 4.11. The first-order valence-electron chi connectivity index (χ1n) is 8.18. The molecule has 4 rings (SSSR count). The molecule has 0 N–H and O–H groups in total. The Morgan fingerprint density at radius 3 is 2.70 bits per heavy atom.